The smallest absolute Gasteiger partial charge is 0.208 e. The van der Waals surface area contributed by atoms with Crippen LogP contribution in [0.1, 0.15) is 37.9 Å². The molecule has 5 heteroatoms. The van der Waals surface area contributed by atoms with Crippen molar-refractivity contribution in [1.82, 2.24) is 10.0 Å². The standard InChI is InChI=1S/C15H26N2O2S/c1-12(2)11-14-5-7-15(8-6-14)13(3)16-9-10-17-20(4,18)19/h5-8,12-13,16-17H,9-11H2,1-4H3. The zero-order valence-corrected chi connectivity index (χ0v) is 13.6. The van der Waals surface area contributed by atoms with Gasteiger partial charge in [0, 0.05) is 19.1 Å². The molecule has 0 saturated carbocycles. The molecule has 20 heavy (non-hydrogen) atoms. The van der Waals surface area contributed by atoms with E-state index in [2.05, 4.69) is 55.1 Å². The predicted octanol–water partition coefficient (Wildman–Crippen LogP) is 2.08. The first-order valence-electron chi connectivity index (χ1n) is 7.05. The van der Waals surface area contributed by atoms with E-state index >= 15 is 0 Å². The molecular formula is C15H26N2O2S. The Kier molecular flexibility index (Phi) is 6.65. The van der Waals surface area contributed by atoms with Crippen LogP contribution in [0, 0.1) is 5.92 Å². The lowest BCUT2D eigenvalue weighted by atomic mass is 10.00. The second-order valence-electron chi connectivity index (χ2n) is 5.68. The second kappa shape index (κ2) is 7.76. The van der Waals surface area contributed by atoms with Crippen molar-refractivity contribution in [1.29, 1.82) is 0 Å². The number of hydrogen-bond acceptors (Lipinski definition) is 3. The first-order chi connectivity index (χ1) is 9.28. The molecule has 0 amide bonds. The van der Waals surface area contributed by atoms with Gasteiger partial charge in [-0.25, -0.2) is 13.1 Å². The van der Waals surface area contributed by atoms with E-state index in [1.165, 1.54) is 17.4 Å². The fraction of sp³-hybridized carbons (Fsp3) is 0.600. The Labute approximate surface area is 123 Å². The maximum absolute atomic E-state index is 10.9. The average molecular weight is 298 g/mol. The molecule has 0 aliphatic carbocycles. The maximum Gasteiger partial charge on any atom is 0.208 e. The highest BCUT2D eigenvalue weighted by Gasteiger charge is 2.06. The summed E-state index contributed by atoms with van der Waals surface area (Å²) in [5.74, 6) is 0.665. The average Bonchev–Trinajstić information content (AvgIpc) is 2.33. The van der Waals surface area contributed by atoms with Gasteiger partial charge in [0.05, 0.1) is 6.26 Å². The molecule has 1 rings (SSSR count). The molecule has 1 unspecified atom stereocenters. The number of sulfonamides is 1. The molecule has 1 atom stereocenters. The lowest BCUT2D eigenvalue weighted by molar-refractivity contribution is 0.556. The van der Waals surface area contributed by atoms with Crippen molar-refractivity contribution < 1.29 is 8.42 Å². The van der Waals surface area contributed by atoms with Gasteiger partial charge in [0.25, 0.3) is 0 Å². The van der Waals surface area contributed by atoms with Crippen molar-refractivity contribution in [2.24, 2.45) is 5.92 Å². The highest BCUT2D eigenvalue weighted by atomic mass is 32.2. The summed E-state index contributed by atoms with van der Waals surface area (Å²) in [4.78, 5) is 0. The molecule has 114 valence electrons. The molecule has 1 aromatic carbocycles. The van der Waals surface area contributed by atoms with Crippen LogP contribution in [-0.4, -0.2) is 27.8 Å². The van der Waals surface area contributed by atoms with Gasteiger partial charge >= 0.3 is 0 Å². The fourth-order valence-electron chi connectivity index (χ4n) is 2.06. The van der Waals surface area contributed by atoms with Gasteiger partial charge in [0.15, 0.2) is 0 Å². The summed E-state index contributed by atoms with van der Waals surface area (Å²) in [7, 11) is -3.09. The van der Waals surface area contributed by atoms with E-state index in [9.17, 15) is 8.42 Å². The summed E-state index contributed by atoms with van der Waals surface area (Å²) in [5, 5.41) is 3.30. The molecule has 1 aromatic rings. The molecule has 0 spiro atoms. The first kappa shape index (κ1) is 17.1. The van der Waals surface area contributed by atoms with Crippen molar-refractivity contribution in [3.8, 4) is 0 Å². The summed E-state index contributed by atoms with van der Waals surface area (Å²) in [6.45, 7) is 7.54. The van der Waals surface area contributed by atoms with Gasteiger partial charge in [-0.2, -0.15) is 0 Å². The SMILES string of the molecule is CC(C)Cc1ccc(C(C)NCCNS(C)(=O)=O)cc1. The predicted molar refractivity (Wildman–Crippen MR) is 84.2 cm³/mol. The van der Waals surface area contributed by atoms with Crippen LogP contribution < -0.4 is 10.0 Å². The first-order valence-corrected chi connectivity index (χ1v) is 8.94. The lowest BCUT2D eigenvalue weighted by Gasteiger charge is -2.15. The Morgan fingerprint density at radius 2 is 1.65 bits per heavy atom. The summed E-state index contributed by atoms with van der Waals surface area (Å²) < 4.78 is 24.3. The minimum absolute atomic E-state index is 0.212. The summed E-state index contributed by atoms with van der Waals surface area (Å²) in [5.41, 5.74) is 2.58. The highest BCUT2D eigenvalue weighted by molar-refractivity contribution is 7.88. The quantitative estimate of drug-likeness (QED) is 0.723. The van der Waals surface area contributed by atoms with Crippen LogP contribution in [0.3, 0.4) is 0 Å². The Morgan fingerprint density at radius 1 is 1.05 bits per heavy atom. The third-order valence-electron chi connectivity index (χ3n) is 3.06. The Morgan fingerprint density at radius 3 is 2.15 bits per heavy atom. The van der Waals surface area contributed by atoms with Gasteiger partial charge in [-0.15, -0.1) is 0 Å². The molecule has 4 nitrogen and oxygen atoms in total. The van der Waals surface area contributed by atoms with E-state index in [0.717, 1.165) is 6.42 Å². The van der Waals surface area contributed by atoms with E-state index in [-0.39, 0.29) is 6.04 Å². The maximum atomic E-state index is 10.9. The van der Waals surface area contributed by atoms with Gasteiger partial charge in [-0.1, -0.05) is 38.1 Å². The topological polar surface area (TPSA) is 58.2 Å². The van der Waals surface area contributed by atoms with Gasteiger partial charge < -0.3 is 5.32 Å². The van der Waals surface area contributed by atoms with Crippen molar-refractivity contribution in [3.63, 3.8) is 0 Å². The monoisotopic (exact) mass is 298 g/mol. The molecule has 0 saturated heterocycles. The minimum atomic E-state index is -3.09. The molecular weight excluding hydrogens is 272 g/mol. The molecule has 0 aromatic heterocycles. The second-order valence-corrected chi connectivity index (χ2v) is 7.51. The van der Waals surface area contributed by atoms with E-state index in [1.807, 2.05) is 0 Å². The largest absolute Gasteiger partial charge is 0.309 e. The van der Waals surface area contributed by atoms with Crippen molar-refractivity contribution in [2.75, 3.05) is 19.3 Å². The Bertz CT molecular complexity index is 495. The van der Waals surface area contributed by atoms with Gasteiger partial charge in [0.2, 0.25) is 10.0 Å². The molecule has 0 aliphatic heterocycles. The molecule has 0 radical (unpaired) electrons. The number of hydrogen-bond donors (Lipinski definition) is 2. The minimum Gasteiger partial charge on any atom is -0.309 e. The van der Waals surface area contributed by atoms with Crippen LogP contribution in [0.5, 0.6) is 0 Å². The van der Waals surface area contributed by atoms with Crippen LogP contribution in [0.4, 0.5) is 0 Å². The Balaban J connectivity index is 2.41. The van der Waals surface area contributed by atoms with Crippen LogP contribution in [-0.2, 0) is 16.4 Å². The summed E-state index contributed by atoms with van der Waals surface area (Å²) in [6, 6.07) is 8.83. The zero-order valence-electron chi connectivity index (χ0n) is 12.8. The van der Waals surface area contributed by atoms with Crippen LogP contribution in [0.15, 0.2) is 24.3 Å². The van der Waals surface area contributed by atoms with E-state index in [4.69, 9.17) is 0 Å². The fourth-order valence-corrected chi connectivity index (χ4v) is 2.53. The molecule has 2 N–H and O–H groups in total. The number of rotatable bonds is 8. The molecule has 0 bridgehead atoms. The van der Waals surface area contributed by atoms with Crippen molar-refractivity contribution in [2.45, 2.75) is 33.2 Å². The Hall–Kier alpha value is -0.910. The van der Waals surface area contributed by atoms with E-state index < -0.39 is 10.0 Å². The van der Waals surface area contributed by atoms with Crippen LogP contribution >= 0.6 is 0 Å². The zero-order chi connectivity index (χ0) is 15.2. The normalized spacial score (nSPS) is 13.7. The third kappa shape index (κ3) is 7.03. The number of benzene rings is 1. The van der Waals surface area contributed by atoms with Gasteiger partial charge in [-0.3, -0.25) is 0 Å². The van der Waals surface area contributed by atoms with Gasteiger partial charge in [-0.05, 0) is 30.4 Å². The van der Waals surface area contributed by atoms with Gasteiger partial charge in [0.1, 0.15) is 0 Å². The third-order valence-corrected chi connectivity index (χ3v) is 3.79. The lowest BCUT2D eigenvalue weighted by Crippen LogP contribution is -2.32. The van der Waals surface area contributed by atoms with E-state index in [1.54, 1.807) is 0 Å². The molecule has 0 aliphatic rings. The molecule has 0 heterocycles. The summed E-state index contributed by atoms with van der Waals surface area (Å²) >= 11 is 0. The highest BCUT2D eigenvalue weighted by Crippen LogP contribution is 2.15. The van der Waals surface area contributed by atoms with Crippen molar-refractivity contribution >= 4 is 10.0 Å². The van der Waals surface area contributed by atoms with Crippen LogP contribution in [0.25, 0.3) is 0 Å². The van der Waals surface area contributed by atoms with Crippen LogP contribution in [0.2, 0.25) is 0 Å². The summed E-state index contributed by atoms with van der Waals surface area (Å²) in [6.07, 6.45) is 2.27. The van der Waals surface area contributed by atoms with Crippen molar-refractivity contribution in [3.05, 3.63) is 35.4 Å². The van der Waals surface area contributed by atoms with E-state index in [0.29, 0.717) is 19.0 Å². The molecule has 0 fully saturated rings. The number of nitrogens with one attached hydrogen (secondary N) is 2.